The fraction of sp³-hybridized carbons (Fsp3) is 0.362. The van der Waals surface area contributed by atoms with Crippen molar-refractivity contribution in [2.75, 3.05) is 13.2 Å². The monoisotopic (exact) mass is 788 g/mol. The van der Waals surface area contributed by atoms with Gasteiger partial charge in [-0.15, -0.1) is 0 Å². The van der Waals surface area contributed by atoms with Crippen molar-refractivity contribution in [3.05, 3.63) is 174 Å². The van der Waals surface area contributed by atoms with E-state index in [4.69, 9.17) is 42.6 Å². The number of rotatable bonds is 12. The van der Waals surface area contributed by atoms with Crippen LogP contribution in [-0.2, 0) is 55.8 Å². The van der Waals surface area contributed by atoms with Crippen molar-refractivity contribution >= 4 is 11.8 Å². The topological polar surface area (TPSA) is 83.1 Å². The second-order valence-electron chi connectivity index (χ2n) is 14.9. The smallest absolute Gasteiger partial charge is 0.184 e. The highest BCUT2D eigenvalue weighted by atomic mass is 32.2. The molecule has 0 amide bonds. The highest BCUT2D eigenvalue weighted by Gasteiger charge is 2.55. The molecule has 0 aliphatic carbocycles. The molecule has 9 nitrogen and oxygen atoms in total. The average Bonchev–Trinajstić information content (AvgIpc) is 3.27. The number of ether oxygens (including phenoxy) is 9. The quantitative estimate of drug-likeness (QED) is 0.123. The summed E-state index contributed by atoms with van der Waals surface area (Å²) in [6.45, 7) is 3.51. The summed E-state index contributed by atoms with van der Waals surface area (Å²) in [5.74, 6) is -0.257. The fourth-order valence-corrected chi connectivity index (χ4v) is 9.10. The standard InChI is InChI=1S/C47H48O9S/c1-31-39(48-27-32-17-7-2-8-18-32)40-37(29-50-45(54-40)34-21-11-4-12-22-34)52-44(31)56-43-42(49-28-33-19-9-3-10-20-33)41-38(53-47(43)57-36-25-15-6-16-26-36)30-51-46(55-41)35-23-13-5-14-24-35/h2-26,31,37-47H,27-30H2,1H3. The number of fused-ring (bicyclic) bond motifs is 2. The molecule has 296 valence electrons. The normalized spacial score (nSPS) is 32.5. The van der Waals surface area contributed by atoms with Gasteiger partial charge in [-0.25, -0.2) is 0 Å². The molecular weight excluding hydrogens is 741 g/mol. The maximum absolute atomic E-state index is 7.26. The molecule has 4 aliphatic rings. The van der Waals surface area contributed by atoms with E-state index in [1.54, 1.807) is 11.8 Å². The largest absolute Gasteiger partial charge is 0.370 e. The van der Waals surface area contributed by atoms with E-state index in [-0.39, 0.29) is 12.0 Å². The van der Waals surface area contributed by atoms with Gasteiger partial charge in [0, 0.05) is 21.9 Å². The predicted octanol–water partition coefficient (Wildman–Crippen LogP) is 8.65. The molecule has 0 aromatic heterocycles. The molecule has 0 bridgehead atoms. The second-order valence-corrected chi connectivity index (χ2v) is 16.0. The van der Waals surface area contributed by atoms with Crippen LogP contribution in [0.25, 0.3) is 0 Å². The Hall–Kier alpha value is -3.91. The zero-order valence-corrected chi connectivity index (χ0v) is 32.6. The third kappa shape index (κ3) is 9.06. The first kappa shape index (κ1) is 38.6. The van der Waals surface area contributed by atoms with E-state index in [2.05, 4.69) is 43.3 Å². The van der Waals surface area contributed by atoms with Gasteiger partial charge in [0.2, 0.25) is 0 Å². The summed E-state index contributed by atoms with van der Waals surface area (Å²) in [5.41, 5.74) is 3.50. The van der Waals surface area contributed by atoms with E-state index in [0.717, 1.165) is 27.1 Å². The lowest BCUT2D eigenvalue weighted by atomic mass is 9.90. The number of thioether (sulfide) groups is 1. The van der Waals surface area contributed by atoms with Gasteiger partial charge in [-0.2, -0.15) is 0 Å². The zero-order chi connectivity index (χ0) is 38.4. The summed E-state index contributed by atoms with van der Waals surface area (Å²) in [5, 5.41) is 0. The SMILES string of the molecule is CC1C(OC2C(Sc3ccccc3)OC3COC(c4ccccc4)OC3C2OCc2ccccc2)OC2COC(c3ccccc3)OC2C1OCc1ccccc1. The van der Waals surface area contributed by atoms with E-state index in [1.807, 2.05) is 115 Å². The Bertz CT molecular complexity index is 1960. The Morgan fingerprint density at radius 2 is 0.965 bits per heavy atom. The molecule has 4 saturated heterocycles. The number of benzene rings is 5. The van der Waals surface area contributed by atoms with Crippen LogP contribution in [0.5, 0.6) is 0 Å². The maximum Gasteiger partial charge on any atom is 0.184 e. The third-order valence-electron chi connectivity index (χ3n) is 10.9. The van der Waals surface area contributed by atoms with Crippen LogP contribution < -0.4 is 0 Å². The van der Waals surface area contributed by atoms with Crippen molar-refractivity contribution in [1.82, 2.24) is 0 Å². The minimum atomic E-state index is -0.718. The Labute approximate surface area is 338 Å². The van der Waals surface area contributed by atoms with E-state index in [1.165, 1.54) is 0 Å². The molecule has 12 atom stereocenters. The van der Waals surface area contributed by atoms with Gasteiger partial charge in [-0.05, 0) is 23.3 Å². The first-order valence-electron chi connectivity index (χ1n) is 19.8. The Morgan fingerprint density at radius 3 is 1.51 bits per heavy atom. The minimum absolute atomic E-state index is 0.257. The van der Waals surface area contributed by atoms with Crippen molar-refractivity contribution in [2.45, 2.75) is 92.1 Å². The summed E-state index contributed by atoms with van der Waals surface area (Å²) in [7, 11) is 0. The average molecular weight is 789 g/mol. The van der Waals surface area contributed by atoms with Crippen molar-refractivity contribution in [1.29, 1.82) is 0 Å². The first-order chi connectivity index (χ1) is 28.2. The van der Waals surface area contributed by atoms with Crippen LogP contribution >= 0.6 is 11.8 Å². The van der Waals surface area contributed by atoms with Crippen LogP contribution in [0.15, 0.2) is 157 Å². The summed E-state index contributed by atoms with van der Waals surface area (Å²) < 4.78 is 60.9. The third-order valence-corrected chi connectivity index (χ3v) is 12.1. The molecule has 0 radical (unpaired) electrons. The van der Waals surface area contributed by atoms with Crippen LogP contribution in [0.2, 0.25) is 0 Å². The Kier molecular flexibility index (Phi) is 12.4. The van der Waals surface area contributed by atoms with E-state index in [0.29, 0.717) is 26.4 Å². The van der Waals surface area contributed by atoms with Gasteiger partial charge in [-0.3, -0.25) is 0 Å². The van der Waals surface area contributed by atoms with Crippen LogP contribution in [0, 0.1) is 5.92 Å². The van der Waals surface area contributed by atoms with Crippen LogP contribution in [-0.4, -0.2) is 67.7 Å². The van der Waals surface area contributed by atoms with Crippen molar-refractivity contribution in [2.24, 2.45) is 5.92 Å². The van der Waals surface area contributed by atoms with Crippen LogP contribution in [0.4, 0.5) is 0 Å². The summed E-state index contributed by atoms with van der Waals surface area (Å²) in [6.07, 6.45) is -5.18. The molecule has 4 heterocycles. The summed E-state index contributed by atoms with van der Waals surface area (Å²) in [6, 6.07) is 50.5. The lowest BCUT2D eigenvalue weighted by Gasteiger charge is -2.52. The van der Waals surface area contributed by atoms with Gasteiger partial charge in [0.15, 0.2) is 18.9 Å². The predicted molar refractivity (Wildman–Crippen MR) is 214 cm³/mol. The molecule has 12 unspecified atom stereocenters. The van der Waals surface area contributed by atoms with Crippen LogP contribution in [0.3, 0.4) is 0 Å². The number of hydrogen-bond acceptors (Lipinski definition) is 10. The van der Waals surface area contributed by atoms with Crippen molar-refractivity contribution < 1.29 is 42.6 Å². The first-order valence-corrected chi connectivity index (χ1v) is 20.7. The molecule has 4 fully saturated rings. The van der Waals surface area contributed by atoms with E-state index < -0.39 is 60.9 Å². The van der Waals surface area contributed by atoms with E-state index in [9.17, 15) is 0 Å². The molecule has 0 spiro atoms. The fourth-order valence-electron chi connectivity index (χ4n) is 7.97. The number of hydrogen-bond donors (Lipinski definition) is 0. The molecule has 10 heteroatoms. The van der Waals surface area contributed by atoms with Gasteiger partial charge in [0.1, 0.15) is 42.1 Å². The van der Waals surface area contributed by atoms with Gasteiger partial charge in [-0.1, -0.05) is 158 Å². The van der Waals surface area contributed by atoms with Gasteiger partial charge in [0.05, 0.1) is 32.5 Å². The van der Waals surface area contributed by atoms with Gasteiger partial charge < -0.3 is 42.6 Å². The lowest BCUT2D eigenvalue weighted by molar-refractivity contribution is -0.381. The van der Waals surface area contributed by atoms with Crippen LogP contribution in [0.1, 0.15) is 41.8 Å². The zero-order valence-electron chi connectivity index (χ0n) is 31.8. The van der Waals surface area contributed by atoms with Gasteiger partial charge in [0.25, 0.3) is 0 Å². The van der Waals surface area contributed by atoms with Crippen molar-refractivity contribution in [3.63, 3.8) is 0 Å². The summed E-state index contributed by atoms with van der Waals surface area (Å²) >= 11 is 1.60. The maximum atomic E-state index is 7.26. The highest BCUT2D eigenvalue weighted by Crippen LogP contribution is 2.44. The lowest BCUT2D eigenvalue weighted by Crippen LogP contribution is -2.65. The molecule has 0 saturated carbocycles. The molecule has 4 aliphatic heterocycles. The van der Waals surface area contributed by atoms with E-state index >= 15 is 0 Å². The molecule has 9 rings (SSSR count). The molecule has 5 aromatic carbocycles. The molecular formula is C47H48O9S. The Balaban J connectivity index is 1.03. The minimum Gasteiger partial charge on any atom is -0.370 e. The molecule has 5 aromatic rings. The Morgan fingerprint density at radius 1 is 0.509 bits per heavy atom. The van der Waals surface area contributed by atoms with Crippen molar-refractivity contribution in [3.8, 4) is 0 Å². The second kappa shape index (κ2) is 18.3. The molecule has 57 heavy (non-hydrogen) atoms. The highest BCUT2D eigenvalue weighted by molar-refractivity contribution is 7.99. The molecule has 0 N–H and O–H groups in total. The van der Waals surface area contributed by atoms with Gasteiger partial charge >= 0.3 is 0 Å². The summed E-state index contributed by atoms with van der Waals surface area (Å²) in [4.78, 5) is 1.04.